The molecule has 0 aromatic carbocycles. The third kappa shape index (κ3) is 3.83. The molecule has 4 heteroatoms. The molecule has 1 aromatic rings. The van der Waals surface area contributed by atoms with E-state index in [0.29, 0.717) is 6.42 Å². The summed E-state index contributed by atoms with van der Waals surface area (Å²) in [5.74, 6) is 0. The van der Waals surface area contributed by atoms with Crippen molar-refractivity contribution >= 4 is 0 Å². The Bertz CT molecular complexity index is 288. The van der Waals surface area contributed by atoms with Crippen LogP contribution in [-0.4, -0.2) is 4.57 Å². The highest BCUT2D eigenvalue weighted by Crippen LogP contribution is 2.02. The molecule has 0 aliphatic carbocycles. The van der Waals surface area contributed by atoms with Crippen LogP contribution in [-0.2, 0) is 13.6 Å². The fraction of sp³-hybridized carbons (Fsp3) is 0.444. The maximum atomic E-state index is 11.6. The number of imidazole rings is 1. The van der Waals surface area contributed by atoms with Crippen molar-refractivity contribution in [1.29, 1.82) is 0 Å². The summed E-state index contributed by atoms with van der Waals surface area (Å²) < 4.78 is 27.1. The van der Waals surface area contributed by atoms with E-state index in [9.17, 15) is 8.78 Å². The van der Waals surface area contributed by atoms with E-state index in [-0.39, 0.29) is 0 Å². The van der Waals surface area contributed by atoms with Crippen LogP contribution in [0, 0.1) is 0 Å². The lowest BCUT2D eigenvalue weighted by molar-refractivity contribution is -0.671. The van der Waals surface area contributed by atoms with Crippen LogP contribution in [0.4, 0.5) is 8.78 Å². The van der Waals surface area contributed by atoms with Crippen molar-refractivity contribution < 1.29 is 13.3 Å². The molecule has 72 valence electrons. The van der Waals surface area contributed by atoms with Gasteiger partial charge in [-0.2, -0.15) is 8.78 Å². The standard InChI is InChI=1S/C9H13F2N2/c1-12-6-7-13(8-12)5-3-2-4-9(10)11/h4,6-8H,2-3,5H2,1H3/q+1. The molecule has 0 aliphatic rings. The number of rotatable bonds is 4. The van der Waals surface area contributed by atoms with E-state index >= 15 is 0 Å². The van der Waals surface area contributed by atoms with Crippen molar-refractivity contribution in [3.63, 3.8) is 0 Å². The van der Waals surface area contributed by atoms with Crippen LogP contribution in [0.5, 0.6) is 0 Å². The van der Waals surface area contributed by atoms with Gasteiger partial charge >= 0.3 is 0 Å². The van der Waals surface area contributed by atoms with Gasteiger partial charge in [-0.05, 0) is 18.9 Å². The monoisotopic (exact) mass is 187 g/mol. The molecule has 0 spiro atoms. The van der Waals surface area contributed by atoms with Gasteiger partial charge in [-0.15, -0.1) is 0 Å². The van der Waals surface area contributed by atoms with Gasteiger partial charge in [0.1, 0.15) is 12.4 Å². The van der Waals surface area contributed by atoms with Gasteiger partial charge in [0.2, 0.25) is 6.33 Å². The van der Waals surface area contributed by atoms with Crippen molar-refractivity contribution in [3.8, 4) is 0 Å². The zero-order valence-corrected chi connectivity index (χ0v) is 7.58. The number of aromatic nitrogens is 2. The summed E-state index contributed by atoms with van der Waals surface area (Å²) in [4.78, 5) is 0. The van der Waals surface area contributed by atoms with Crippen LogP contribution >= 0.6 is 0 Å². The minimum Gasteiger partial charge on any atom is -0.240 e. The Balaban J connectivity index is 2.24. The Hall–Kier alpha value is -1.19. The first-order chi connectivity index (χ1) is 6.18. The second-order valence-corrected chi connectivity index (χ2v) is 2.95. The van der Waals surface area contributed by atoms with Gasteiger partial charge in [0.25, 0.3) is 6.08 Å². The summed E-state index contributed by atoms with van der Waals surface area (Å²) in [6.45, 7) is 0.782. The number of nitrogens with zero attached hydrogens (tertiary/aromatic N) is 2. The van der Waals surface area contributed by atoms with Crippen LogP contribution in [0.15, 0.2) is 30.9 Å². The average molecular weight is 187 g/mol. The van der Waals surface area contributed by atoms with Crippen LogP contribution in [0.3, 0.4) is 0 Å². The number of unbranched alkanes of at least 4 members (excludes halogenated alkanes) is 1. The SMILES string of the molecule is C[n+]1ccn(CCCC=C(F)F)c1. The molecule has 2 nitrogen and oxygen atoms in total. The van der Waals surface area contributed by atoms with E-state index < -0.39 is 6.08 Å². The summed E-state index contributed by atoms with van der Waals surface area (Å²) >= 11 is 0. The third-order valence-electron chi connectivity index (χ3n) is 1.74. The minimum atomic E-state index is -1.59. The summed E-state index contributed by atoms with van der Waals surface area (Å²) in [5.41, 5.74) is 0. The number of halogens is 2. The molecule has 13 heavy (non-hydrogen) atoms. The molecule has 1 aromatic heterocycles. The second-order valence-electron chi connectivity index (χ2n) is 2.95. The topological polar surface area (TPSA) is 8.81 Å². The minimum absolute atomic E-state index is 0.435. The first kappa shape index (κ1) is 9.89. The lowest BCUT2D eigenvalue weighted by atomic mass is 10.3. The van der Waals surface area contributed by atoms with E-state index in [1.165, 1.54) is 0 Å². The first-order valence-corrected chi connectivity index (χ1v) is 4.20. The second kappa shape index (κ2) is 4.74. The molecule has 0 amide bonds. The summed E-state index contributed by atoms with van der Waals surface area (Å²) in [7, 11) is 1.93. The highest BCUT2D eigenvalue weighted by atomic mass is 19.3. The molecule has 0 bridgehead atoms. The highest BCUT2D eigenvalue weighted by molar-refractivity contribution is 4.80. The number of aryl methyl sites for hydroxylation is 2. The predicted molar refractivity (Wildman–Crippen MR) is 45.1 cm³/mol. The molecule has 0 aliphatic heterocycles. The lowest BCUT2D eigenvalue weighted by Crippen LogP contribution is -2.23. The summed E-state index contributed by atoms with van der Waals surface area (Å²) in [5, 5.41) is 0. The number of hydrogen-bond acceptors (Lipinski definition) is 0. The number of hydrogen-bond donors (Lipinski definition) is 0. The molecule has 0 saturated carbocycles. The largest absolute Gasteiger partial charge is 0.266 e. The molecule has 0 radical (unpaired) electrons. The van der Waals surface area contributed by atoms with Gasteiger partial charge in [0, 0.05) is 0 Å². The van der Waals surface area contributed by atoms with Crippen LogP contribution in [0.2, 0.25) is 0 Å². The van der Waals surface area contributed by atoms with E-state index in [1.54, 1.807) is 0 Å². The van der Waals surface area contributed by atoms with Crippen LogP contribution in [0.25, 0.3) is 0 Å². The van der Waals surface area contributed by atoms with Crippen molar-refractivity contribution in [2.75, 3.05) is 0 Å². The molecule has 0 N–H and O–H groups in total. The molecule has 1 heterocycles. The lowest BCUT2D eigenvalue weighted by Gasteiger charge is -1.92. The Kier molecular flexibility index (Phi) is 3.61. The van der Waals surface area contributed by atoms with Crippen molar-refractivity contribution in [3.05, 3.63) is 30.9 Å². The summed E-state index contributed by atoms with van der Waals surface area (Å²) in [6, 6.07) is 0. The van der Waals surface area contributed by atoms with E-state index in [0.717, 1.165) is 19.0 Å². The molecular weight excluding hydrogens is 174 g/mol. The van der Waals surface area contributed by atoms with Gasteiger partial charge in [-0.1, -0.05) is 0 Å². The molecule has 0 atom stereocenters. The number of allylic oxidation sites excluding steroid dienone is 1. The maximum absolute atomic E-state index is 11.6. The van der Waals surface area contributed by atoms with Crippen molar-refractivity contribution in [1.82, 2.24) is 4.57 Å². The molecular formula is C9H13F2N2+. The summed E-state index contributed by atoms with van der Waals surface area (Å²) in [6.07, 6.45) is 6.33. The molecule has 0 saturated heterocycles. The van der Waals surface area contributed by atoms with Crippen LogP contribution < -0.4 is 4.57 Å². The van der Waals surface area contributed by atoms with Gasteiger partial charge in [0.05, 0.1) is 13.6 Å². The molecule has 0 fully saturated rings. The van der Waals surface area contributed by atoms with Crippen molar-refractivity contribution in [2.45, 2.75) is 19.4 Å². The maximum Gasteiger partial charge on any atom is 0.266 e. The fourth-order valence-electron chi connectivity index (χ4n) is 1.12. The van der Waals surface area contributed by atoms with Crippen molar-refractivity contribution in [2.24, 2.45) is 7.05 Å². The van der Waals surface area contributed by atoms with Gasteiger partial charge in [0.15, 0.2) is 0 Å². The third-order valence-corrected chi connectivity index (χ3v) is 1.74. The van der Waals surface area contributed by atoms with E-state index in [1.807, 2.05) is 34.9 Å². The average Bonchev–Trinajstić information content (AvgIpc) is 2.45. The Morgan fingerprint density at radius 1 is 1.54 bits per heavy atom. The Labute approximate surface area is 76.1 Å². The first-order valence-electron chi connectivity index (χ1n) is 4.20. The van der Waals surface area contributed by atoms with Gasteiger partial charge in [-0.3, -0.25) is 0 Å². The van der Waals surface area contributed by atoms with E-state index in [4.69, 9.17) is 0 Å². The molecule has 1 rings (SSSR count). The fourth-order valence-corrected chi connectivity index (χ4v) is 1.12. The Morgan fingerprint density at radius 3 is 2.85 bits per heavy atom. The van der Waals surface area contributed by atoms with E-state index in [2.05, 4.69) is 0 Å². The zero-order chi connectivity index (χ0) is 9.68. The predicted octanol–water partition coefficient (Wildman–Crippen LogP) is 1.87. The zero-order valence-electron chi connectivity index (χ0n) is 7.58. The molecule has 0 unspecified atom stereocenters. The van der Waals surface area contributed by atoms with Gasteiger partial charge in [-0.25, -0.2) is 9.13 Å². The quantitative estimate of drug-likeness (QED) is 0.502. The normalized spacial score (nSPS) is 10.1. The van der Waals surface area contributed by atoms with Crippen LogP contribution in [0.1, 0.15) is 12.8 Å². The highest BCUT2D eigenvalue weighted by Gasteiger charge is 1.98. The Morgan fingerprint density at radius 2 is 2.31 bits per heavy atom. The smallest absolute Gasteiger partial charge is 0.240 e. The van der Waals surface area contributed by atoms with Gasteiger partial charge < -0.3 is 0 Å².